The number of benzene rings is 1. The lowest BCUT2D eigenvalue weighted by Crippen LogP contribution is -2.54. The van der Waals surface area contributed by atoms with E-state index in [0.717, 1.165) is 17.5 Å². The Bertz CT molecular complexity index is 544. The van der Waals surface area contributed by atoms with E-state index >= 15 is 0 Å². The predicted octanol–water partition coefficient (Wildman–Crippen LogP) is 2.48. The van der Waals surface area contributed by atoms with Gasteiger partial charge in [0.25, 0.3) is 0 Å². The van der Waals surface area contributed by atoms with E-state index in [1.165, 1.54) is 12.8 Å². The number of nitrogens with two attached hydrogens (primary N) is 1. The van der Waals surface area contributed by atoms with Crippen molar-refractivity contribution in [1.82, 2.24) is 0 Å². The van der Waals surface area contributed by atoms with Crippen LogP contribution >= 0.6 is 0 Å². The van der Waals surface area contributed by atoms with Gasteiger partial charge in [-0.1, -0.05) is 49.8 Å². The minimum Gasteiger partial charge on any atom is -0.461 e. The summed E-state index contributed by atoms with van der Waals surface area (Å²) in [5, 5.41) is 0. The van der Waals surface area contributed by atoms with Gasteiger partial charge < -0.3 is 15.2 Å². The molecule has 1 heterocycles. The lowest BCUT2D eigenvalue weighted by atomic mass is 9.86. The van der Waals surface area contributed by atoms with Crippen LogP contribution in [0.2, 0.25) is 0 Å². The maximum atomic E-state index is 12.3. The van der Waals surface area contributed by atoms with Crippen molar-refractivity contribution in [3.63, 3.8) is 0 Å². The fourth-order valence-corrected chi connectivity index (χ4v) is 2.83. The average molecular weight is 301 g/mol. The van der Waals surface area contributed by atoms with Crippen molar-refractivity contribution in [2.45, 2.75) is 30.7 Å². The number of esters is 1. The van der Waals surface area contributed by atoms with Crippen molar-refractivity contribution in [2.24, 2.45) is 11.7 Å². The van der Waals surface area contributed by atoms with Crippen molar-refractivity contribution in [3.05, 3.63) is 48.0 Å². The third-order valence-electron chi connectivity index (χ3n) is 4.50. The first kappa shape index (κ1) is 15.3. The maximum Gasteiger partial charge on any atom is 0.313 e. The number of carbonyl (C=O) groups is 1. The van der Waals surface area contributed by atoms with Gasteiger partial charge in [0, 0.05) is 0 Å². The molecule has 118 valence electrons. The molecule has 2 N–H and O–H groups in total. The van der Waals surface area contributed by atoms with Crippen LogP contribution in [0.1, 0.15) is 36.3 Å². The molecule has 2 fully saturated rings. The van der Waals surface area contributed by atoms with E-state index in [1.807, 2.05) is 24.3 Å². The Kier molecular flexibility index (Phi) is 4.32. The van der Waals surface area contributed by atoms with Gasteiger partial charge in [-0.15, -0.1) is 0 Å². The predicted molar refractivity (Wildman–Crippen MR) is 84.4 cm³/mol. The van der Waals surface area contributed by atoms with E-state index in [-0.39, 0.29) is 24.0 Å². The molecular formula is C18H23NO3. The highest BCUT2D eigenvalue weighted by Crippen LogP contribution is 2.39. The minimum absolute atomic E-state index is 0.158. The lowest BCUT2D eigenvalue weighted by Gasteiger charge is -2.38. The molecule has 22 heavy (non-hydrogen) atoms. The molecule has 3 rings (SSSR count). The van der Waals surface area contributed by atoms with Gasteiger partial charge in [-0.05, 0) is 23.5 Å². The minimum atomic E-state index is -0.367. The van der Waals surface area contributed by atoms with Crippen molar-refractivity contribution < 1.29 is 14.3 Å². The van der Waals surface area contributed by atoms with Crippen LogP contribution in [-0.4, -0.2) is 25.8 Å². The summed E-state index contributed by atoms with van der Waals surface area (Å²) in [6.07, 6.45) is 4.90. The Morgan fingerprint density at radius 1 is 1.41 bits per heavy atom. The summed E-state index contributed by atoms with van der Waals surface area (Å²) in [6, 6.07) is 8.03. The van der Waals surface area contributed by atoms with Gasteiger partial charge in [0.2, 0.25) is 0 Å². The van der Waals surface area contributed by atoms with E-state index in [4.69, 9.17) is 15.2 Å². The highest BCUT2D eigenvalue weighted by Gasteiger charge is 2.36. The van der Waals surface area contributed by atoms with Gasteiger partial charge >= 0.3 is 5.97 Å². The van der Waals surface area contributed by atoms with E-state index in [9.17, 15) is 4.79 Å². The molecule has 4 heteroatoms. The summed E-state index contributed by atoms with van der Waals surface area (Å²) in [6.45, 7) is 4.96. The molecule has 0 amide bonds. The highest BCUT2D eigenvalue weighted by molar-refractivity contribution is 5.78. The van der Waals surface area contributed by atoms with Crippen LogP contribution in [-0.2, 0) is 19.8 Å². The quantitative estimate of drug-likeness (QED) is 0.621. The van der Waals surface area contributed by atoms with Crippen molar-refractivity contribution in [3.8, 4) is 0 Å². The third kappa shape index (κ3) is 3.23. The second kappa shape index (κ2) is 6.23. The molecule has 4 nitrogen and oxygen atoms in total. The molecule has 1 unspecified atom stereocenters. The fourth-order valence-electron chi connectivity index (χ4n) is 2.83. The Morgan fingerprint density at radius 2 is 2.09 bits per heavy atom. The number of hydrogen-bond donors (Lipinski definition) is 1. The summed E-state index contributed by atoms with van der Waals surface area (Å²) in [5.41, 5.74) is 7.94. The molecule has 0 aromatic heterocycles. The first-order valence-corrected chi connectivity index (χ1v) is 7.87. The van der Waals surface area contributed by atoms with E-state index in [0.29, 0.717) is 19.1 Å². The molecule has 0 bridgehead atoms. The van der Waals surface area contributed by atoms with Gasteiger partial charge in [0.15, 0.2) is 0 Å². The Hall–Kier alpha value is -1.65. The number of hydrogen-bond acceptors (Lipinski definition) is 4. The zero-order valence-electron chi connectivity index (χ0n) is 12.8. The van der Waals surface area contributed by atoms with Crippen molar-refractivity contribution >= 4 is 5.97 Å². The molecule has 1 aliphatic heterocycles. The Labute approximate surface area is 131 Å². The van der Waals surface area contributed by atoms with E-state index in [1.54, 1.807) is 6.08 Å². The molecule has 0 radical (unpaired) electrons. The van der Waals surface area contributed by atoms with Crippen molar-refractivity contribution in [2.75, 3.05) is 19.8 Å². The van der Waals surface area contributed by atoms with E-state index < -0.39 is 0 Å². The van der Waals surface area contributed by atoms with Crippen LogP contribution in [0.15, 0.2) is 36.9 Å². The zero-order valence-corrected chi connectivity index (χ0v) is 12.8. The normalized spacial score (nSPS) is 20.8. The summed E-state index contributed by atoms with van der Waals surface area (Å²) in [5.74, 6) is 0.309. The SMILES string of the molecule is C=CCOC(=O)C(CC1CC1)c1ccc(C2(N)COC2)cc1. The molecule has 1 saturated carbocycles. The van der Waals surface area contributed by atoms with Gasteiger partial charge in [-0.25, -0.2) is 0 Å². The molecule has 2 aliphatic rings. The molecule has 1 aromatic carbocycles. The molecule has 1 aliphatic carbocycles. The number of ether oxygens (including phenoxy) is 2. The number of rotatable bonds is 7. The van der Waals surface area contributed by atoms with Crippen molar-refractivity contribution in [1.29, 1.82) is 0 Å². The summed E-state index contributed by atoms with van der Waals surface area (Å²) >= 11 is 0. The molecule has 0 spiro atoms. The topological polar surface area (TPSA) is 61.5 Å². The Morgan fingerprint density at radius 3 is 2.59 bits per heavy atom. The zero-order chi connectivity index (χ0) is 15.6. The van der Waals surface area contributed by atoms with Crippen LogP contribution in [0, 0.1) is 5.92 Å². The molecule has 1 aromatic rings. The monoisotopic (exact) mass is 301 g/mol. The van der Waals surface area contributed by atoms with Crippen LogP contribution in [0.25, 0.3) is 0 Å². The maximum absolute atomic E-state index is 12.3. The summed E-state index contributed by atoms with van der Waals surface area (Å²) in [4.78, 5) is 12.3. The molecule has 1 atom stereocenters. The first-order chi connectivity index (χ1) is 10.6. The second-order valence-corrected chi connectivity index (χ2v) is 6.42. The van der Waals surface area contributed by atoms with Crippen LogP contribution in [0.3, 0.4) is 0 Å². The summed E-state index contributed by atoms with van der Waals surface area (Å²) in [7, 11) is 0. The van der Waals surface area contributed by atoms with Gasteiger partial charge in [-0.3, -0.25) is 4.79 Å². The standard InChI is InChI=1S/C18H23NO3/c1-2-9-22-17(20)16(10-13-3-4-13)14-5-7-15(8-6-14)18(19)11-21-12-18/h2,5-8,13,16H,1,3-4,9-12,19H2. The van der Waals surface area contributed by atoms with Crippen LogP contribution < -0.4 is 5.73 Å². The van der Waals surface area contributed by atoms with E-state index in [2.05, 4.69) is 6.58 Å². The second-order valence-electron chi connectivity index (χ2n) is 6.42. The lowest BCUT2D eigenvalue weighted by molar-refractivity contribution is -0.144. The van der Waals surface area contributed by atoms with Gasteiger partial charge in [0.1, 0.15) is 6.61 Å². The van der Waals surface area contributed by atoms with Crippen LogP contribution in [0.4, 0.5) is 0 Å². The van der Waals surface area contributed by atoms with Gasteiger partial charge in [-0.2, -0.15) is 0 Å². The summed E-state index contributed by atoms with van der Waals surface area (Å²) < 4.78 is 10.5. The molecular weight excluding hydrogens is 278 g/mol. The largest absolute Gasteiger partial charge is 0.461 e. The smallest absolute Gasteiger partial charge is 0.313 e. The van der Waals surface area contributed by atoms with Gasteiger partial charge in [0.05, 0.1) is 24.7 Å². The highest BCUT2D eigenvalue weighted by atomic mass is 16.5. The third-order valence-corrected chi connectivity index (χ3v) is 4.50. The number of carbonyl (C=O) groups excluding carboxylic acids is 1. The average Bonchev–Trinajstić information content (AvgIpc) is 3.32. The Balaban J connectivity index is 1.74. The molecule has 1 saturated heterocycles. The fraction of sp³-hybridized carbons (Fsp3) is 0.500. The van der Waals surface area contributed by atoms with Crippen LogP contribution in [0.5, 0.6) is 0 Å². The first-order valence-electron chi connectivity index (χ1n) is 7.87.